The van der Waals surface area contributed by atoms with Crippen LogP contribution in [0.2, 0.25) is 6.04 Å². The summed E-state index contributed by atoms with van der Waals surface area (Å²) >= 11 is 0. The van der Waals surface area contributed by atoms with Crippen LogP contribution in [0.1, 0.15) is 6.42 Å². The molecule has 0 aliphatic rings. The van der Waals surface area contributed by atoms with Gasteiger partial charge < -0.3 is 14.8 Å². The van der Waals surface area contributed by atoms with E-state index in [0.29, 0.717) is 6.61 Å². The average molecular weight is 460 g/mol. The largest absolute Gasteiger partial charge is 0.461 e. The van der Waals surface area contributed by atoms with Crippen LogP contribution in [0.25, 0.3) is 0 Å². The smallest absolute Gasteiger partial charge is 0.407 e. The van der Waals surface area contributed by atoms with Gasteiger partial charge in [-0.25, -0.2) is 9.59 Å². The van der Waals surface area contributed by atoms with Crippen molar-refractivity contribution in [1.29, 1.82) is 0 Å². The van der Waals surface area contributed by atoms with Crippen molar-refractivity contribution in [3.8, 4) is 0 Å². The maximum absolute atomic E-state index is 12.0. The minimum Gasteiger partial charge on any atom is -0.461 e. The van der Waals surface area contributed by atoms with Crippen LogP contribution in [-0.2, 0) is 14.3 Å². The Morgan fingerprint density at radius 2 is 1.24 bits per heavy atom. The first kappa shape index (κ1) is 24.0. The Hall–Kier alpha value is -3.64. The number of hydrogen-bond acceptors (Lipinski definition) is 4. The summed E-state index contributed by atoms with van der Waals surface area (Å²) in [5, 5.41) is 6.58. The van der Waals surface area contributed by atoms with Gasteiger partial charge in [-0.3, -0.25) is 0 Å². The number of alkyl carbamates (subject to hydrolysis) is 1. The summed E-state index contributed by atoms with van der Waals surface area (Å²) in [5.41, 5.74) is 0. The summed E-state index contributed by atoms with van der Waals surface area (Å²) in [6, 6.07) is 32.8. The first-order valence-electron chi connectivity index (χ1n) is 11.0. The third-order valence-corrected chi connectivity index (χ3v) is 10.6. The van der Waals surface area contributed by atoms with Crippen LogP contribution in [0.3, 0.4) is 0 Å². The lowest BCUT2D eigenvalue weighted by Crippen LogP contribution is -2.67. The number of carbonyl (C=O) groups excluding carboxylic acids is 2. The molecule has 33 heavy (non-hydrogen) atoms. The highest BCUT2D eigenvalue weighted by molar-refractivity contribution is 7.11. The molecule has 0 bridgehead atoms. The lowest BCUT2D eigenvalue weighted by Gasteiger charge is -2.34. The van der Waals surface area contributed by atoms with Gasteiger partial charge in [-0.05, 0) is 28.0 Å². The van der Waals surface area contributed by atoms with E-state index in [1.165, 1.54) is 15.6 Å². The molecule has 3 rings (SSSR count). The van der Waals surface area contributed by atoms with E-state index in [2.05, 4.69) is 84.7 Å². The molecule has 0 spiro atoms. The van der Waals surface area contributed by atoms with Crippen molar-refractivity contribution < 1.29 is 19.1 Å². The zero-order chi connectivity index (χ0) is 23.4. The number of rotatable bonds is 11. The van der Waals surface area contributed by atoms with Crippen molar-refractivity contribution in [2.75, 3.05) is 19.8 Å². The normalized spacial score (nSPS) is 10.8. The maximum atomic E-state index is 12.0. The molecule has 0 saturated carbocycles. The first-order valence-corrected chi connectivity index (χ1v) is 13.2. The quantitative estimate of drug-likeness (QED) is 0.157. The second kappa shape index (κ2) is 12.4. The van der Waals surface area contributed by atoms with E-state index in [1.54, 1.807) is 0 Å². The summed E-state index contributed by atoms with van der Waals surface area (Å²) in [6.07, 6.45) is 1.29. The predicted molar refractivity (Wildman–Crippen MR) is 134 cm³/mol. The van der Waals surface area contributed by atoms with Gasteiger partial charge in [0.1, 0.15) is 14.7 Å². The van der Waals surface area contributed by atoms with Gasteiger partial charge in [0.05, 0.1) is 13.2 Å². The molecule has 0 aliphatic carbocycles. The highest BCUT2D eigenvalue weighted by Crippen LogP contribution is 2.15. The van der Waals surface area contributed by atoms with E-state index in [1.807, 2.05) is 18.2 Å². The van der Waals surface area contributed by atoms with E-state index in [-0.39, 0.29) is 13.2 Å². The number of hydrogen-bond donors (Lipinski definition) is 1. The third kappa shape index (κ3) is 6.43. The second-order valence-corrected chi connectivity index (χ2v) is 11.6. The average Bonchev–Trinajstić information content (AvgIpc) is 2.88. The monoisotopic (exact) mass is 459 g/mol. The maximum Gasteiger partial charge on any atom is 0.407 e. The molecule has 0 unspecified atom stereocenters. The van der Waals surface area contributed by atoms with Crippen LogP contribution in [0.15, 0.2) is 104 Å². The predicted octanol–water partition coefficient (Wildman–Crippen LogP) is 3.00. The zero-order valence-electron chi connectivity index (χ0n) is 18.6. The molecule has 0 heterocycles. The number of benzene rings is 3. The van der Waals surface area contributed by atoms with Crippen molar-refractivity contribution in [2.24, 2.45) is 0 Å². The van der Waals surface area contributed by atoms with E-state index in [4.69, 9.17) is 9.47 Å². The number of amides is 1. The summed E-state index contributed by atoms with van der Waals surface area (Å²) in [7, 11) is -2.32. The lowest BCUT2D eigenvalue weighted by atomic mass is 10.3. The van der Waals surface area contributed by atoms with Gasteiger partial charge in [-0.15, -0.1) is 0 Å². The van der Waals surface area contributed by atoms with Gasteiger partial charge in [0, 0.05) is 6.08 Å². The van der Waals surface area contributed by atoms with Crippen LogP contribution in [0, 0.1) is 0 Å². The van der Waals surface area contributed by atoms with Crippen LogP contribution >= 0.6 is 0 Å². The molecular weight excluding hydrogens is 430 g/mol. The molecule has 0 atom stereocenters. The SMILES string of the molecule is C=CC(=O)OCCNC(=O)OCCC[Si](c1ccccc1)(c1ccccc1)c1ccccc1. The molecule has 1 amide bonds. The molecule has 1 N–H and O–H groups in total. The van der Waals surface area contributed by atoms with Crippen LogP contribution in [0.4, 0.5) is 4.79 Å². The van der Waals surface area contributed by atoms with E-state index in [9.17, 15) is 9.59 Å². The van der Waals surface area contributed by atoms with Crippen molar-refractivity contribution in [2.45, 2.75) is 12.5 Å². The van der Waals surface area contributed by atoms with Gasteiger partial charge in [-0.1, -0.05) is 97.6 Å². The summed E-state index contributed by atoms with van der Waals surface area (Å²) < 4.78 is 10.2. The molecular formula is C27H29NO4Si. The lowest BCUT2D eigenvalue weighted by molar-refractivity contribution is -0.137. The van der Waals surface area contributed by atoms with Gasteiger partial charge in [0.15, 0.2) is 0 Å². The molecule has 5 nitrogen and oxygen atoms in total. The zero-order valence-corrected chi connectivity index (χ0v) is 19.6. The summed E-state index contributed by atoms with van der Waals surface area (Å²) in [6.45, 7) is 3.90. The number of esters is 1. The fourth-order valence-electron chi connectivity index (χ4n) is 4.02. The highest BCUT2D eigenvalue weighted by atomic mass is 28.3. The minimum atomic E-state index is -2.32. The van der Waals surface area contributed by atoms with Gasteiger partial charge in [0.2, 0.25) is 0 Å². The molecule has 170 valence electrons. The second-order valence-electron chi connectivity index (χ2n) is 7.54. The molecule has 0 fully saturated rings. The third-order valence-electron chi connectivity index (χ3n) is 5.51. The Labute approximate surface area is 196 Å². The molecule has 0 saturated heterocycles. The Kier molecular flexibility index (Phi) is 9.03. The van der Waals surface area contributed by atoms with Crippen molar-refractivity contribution in [3.63, 3.8) is 0 Å². The van der Waals surface area contributed by atoms with Gasteiger partial charge in [-0.2, -0.15) is 0 Å². The molecule has 3 aromatic rings. The number of nitrogens with one attached hydrogen (secondary N) is 1. The Bertz CT molecular complexity index is 929. The summed E-state index contributed by atoms with van der Waals surface area (Å²) in [5.74, 6) is -0.519. The Morgan fingerprint density at radius 3 is 1.70 bits per heavy atom. The molecule has 3 aromatic carbocycles. The summed E-state index contributed by atoms with van der Waals surface area (Å²) in [4.78, 5) is 23.0. The Balaban J connectivity index is 1.72. The van der Waals surface area contributed by atoms with Gasteiger partial charge in [0.25, 0.3) is 0 Å². The standard InChI is InChI=1S/C27H29NO4Si/c1-2-26(29)31-21-19-28-27(30)32-20-12-22-33(23-13-6-3-7-14-23,24-15-8-4-9-16-24)25-17-10-5-11-18-25/h2-11,13-18H,1,12,19-22H2,(H,28,30). The molecule has 0 aromatic heterocycles. The highest BCUT2D eigenvalue weighted by Gasteiger charge is 2.38. The molecule has 6 heteroatoms. The van der Waals surface area contributed by atoms with E-state index in [0.717, 1.165) is 18.5 Å². The first-order chi connectivity index (χ1) is 16.2. The van der Waals surface area contributed by atoms with Crippen LogP contribution in [-0.4, -0.2) is 39.9 Å². The van der Waals surface area contributed by atoms with Crippen molar-refractivity contribution in [1.82, 2.24) is 5.32 Å². The van der Waals surface area contributed by atoms with Crippen molar-refractivity contribution >= 4 is 35.7 Å². The number of ether oxygens (including phenoxy) is 2. The Morgan fingerprint density at radius 1 is 0.758 bits per heavy atom. The van der Waals surface area contributed by atoms with Crippen LogP contribution in [0.5, 0.6) is 0 Å². The van der Waals surface area contributed by atoms with Gasteiger partial charge >= 0.3 is 12.1 Å². The van der Waals surface area contributed by atoms with Crippen LogP contribution < -0.4 is 20.9 Å². The fraction of sp³-hybridized carbons (Fsp3) is 0.185. The topological polar surface area (TPSA) is 64.6 Å². The molecule has 0 aliphatic heterocycles. The van der Waals surface area contributed by atoms with E-state index < -0.39 is 20.1 Å². The van der Waals surface area contributed by atoms with E-state index >= 15 is 0 Å². The molecule has 0 radical (unpaired) electrons. The number of carbonyl (C=O) groups is 2. The van der Waals surface area contributed by atoms with Crippen molar-refractivity contribution in [3.05, 3.63) is 104 Å². The minimum absolute atomic E-state index is 0.0754. The fourth-order valence-corrected chi connectivity index (χ4v) is 8.84.